The first-order chi connectivity index (χ1) is 19.2. The maximum Gasteiger partial charge on any atom is 0.407 e. The van der Waals surface area contributed by atoms with Crippen LogP contribution < -0.4 is 10.1 Å². The molecule has 0 radical (unpaired) electrons. The summed E-state index contributed by atoms with van der Waals surface area (Å²) < 4.78 is 6.96. The zero-order valence-corrected chi connectivity index (χ0v) is 23.0. The van der Waals surface area contributed by atoms with E-state index >= 15 is 0 Å². The van der Waals surface area contributed by atoms with Crippen LogP contribution in [0.4, 0.5) is 10.5 Å². The molecule has 0 saturated carbocycles. The number of ether oxygens (including phenoxy) is 1. The van der Waals surface area contributed by atoms with E-state index in [9.17, 15) is 19.8 Å². The van der Waals surface area contributed by atoms with Crippen molar-refractivity contribution in [2.45, 2.75) is 19.6 Å². The number of fused-ring (bicyclic) bond motifs is 1. The number of carbonyl (C=O) groups excluding carboxylic acids is 1. The van der Waals surface area contributed by atoms with Gasteiger partial charge in [0.2, 0.25) is 5.88 Å². The highest BCUT2D eigenvalue weighted by molar-refractivity contribution is 6.39. The van der Waals surface area contributed by atoms with Crippen molar-refractivity contribution in [3.63, 3.8) is 0 Å². The van der Waals surface area contributed by atoms with Gasteiger partial charge < -0.3 is 29.7 Å². The van der Waals surface area contributed by atoms with Crippen LogP contribution in [0.3, 0.4) is 0 Å². The topological polar surface area (TPSA) is 143 Å². The molecule has 5 rings (SSSR count). The third kappa shape index (κ3) is 4.94. The van der Waals surface area contributed by atoms with E-state index in [4.69, 9.17) is 27.9 Å². The minimum absolute atomic E-state index is 0.117. The second-order valence-corrected chi connectivity index (χ2v) is 9.76. The van der Waals surface area contributed by atoms with Crippen LogP contribution in [0.2, 0.25) is 10.0 Å². The molecule has 4 aromatic rings. The van der Waals surface area contributed by atoms with E-state index in [-0.39, 0.29) is 29.9 Å². The number of imidazole rings is 1. The van der Waals surface area contributed by atoms with Crippen LogP contribution in [0.15, 0.2) is 42.6 Å². The molecule has 1 aliphatic heterocycles. The van der Waals surface area contributed by atoms with Crippen molar-refractivity contribution in [2.75, 3.05) is 19.0 Å². The number of halogens is 2. The molecule has 4 heterocycles. The number of hydrogen-bond donors (Lipinski definition) is 3. The molecular formula is C27H24Cl2N6O5. The molecule has 1 aliphatic rings. The normalized spacial score (nSPS) is 12.7. The molecule has 0 aliphatic carbocycles. The predicted octanol–water partition coefficient (Wildman–Crippen LogP) is 4.64. The molecule has 0 saturated heterocycles. The second kappa shape index (κ2) is 11.1. The highest BCUT2D eigenvalue weighted by atomic mass is 35.5. The van der Waals surface area contributed by atoms with Crippen molar-refractivity contribution in [3.8, 4) is 28.4 Å². The van der Waals surface area contributed by atoms with Crippen molar-refractivity contribution in [3.05, 3.63) is 75.4 Å². The van der Waals surface area contributed by atoms with Gasteiger partial charge in [-0.3, -0.25) is 9.78 Å². The minimum atomic E-state index is -1.03. The second-order valence-electron chi connectivity index (χ2n) is 9.01. The molecule has 0 unspecified atom stereocenters. The van der Waals surface area contributed by atoms with Gasteiger partial charge in [-0.15, -0.1) is 0 Å². The number of carboxylic acid groups (broad SMARTS) is 1. The lowest BCUT2D eigenvalue weighted by molar-refractivity contribution is 0.101. The van der Waals surface area contributed by atoms with Crippen LogP contribution in [0.1, 0.15) is 27.6 Å². The van der Waals surface area contributed by atoms with E-state index in [1.807, 2.05) is 0 Å². The molecule has 0 atom stereocenters. The Morgan fingerprint density at radius 1 is 1.10 bits per heavy atom. The highest BCUT2D eigenvalue weighted by Crippen LogP contribution is 2.40. The number of hydrogen-bond acceptors (Lipinski definition) is 7. The standard InChI is InChI=1S/C27H24Cl2N6O5/c1-34-20-9-11-35(27(38)39)12-19(20)31-24(34)25(37)32-18-5-3-4-16(21(18)28)23-22(29)15(8-10-30-23)17-7-6-14(13-36)26(33-17)40-2/h3-8,10,36H,9,11-13H2,1-2H3,(H,32,37)(H,38,39). The molecule has 3 aromatic heterocycles. The lowest BCUT2D eigenvalue weighted by Gasteiger charge is -2.23. The highest BCUT2D eigenvalue weighted by Gasteiger charge is 2.28. The number of anilines is 1. The number of amides is 2. The summed E-state index contributed by atoms with van der Waals surface area (Å²) >= 11 is 13.5. The fraction of sp³-hybridized carbons (Fsp3) is 0.222. The SMILES string of the molecule is COc1nc(-c2ccnc(-c3cccc(NC(=O)c4nc5c(n4C)CCN(C(=O)O)C5)c3Cl)c2Cl)ccc1CO. The summed E-state index contributed by atoms with van der Waals surface area (Å²) in [5.74, 6) is -0.0714. The molecule has 13 heteroatoms. The summed E-state index contributed by atoms with van der Waals surface area (Å²) in [7, 11) is 3.19. The molecule has 40 heavy (non-hydrogen) atoms. The van der Waals surface area contributed by atoms with Crippen LogP contribution in [-0.4, -0.2) is 60.3 Å². The van der Waals surface area contributed by atoms with Gasteiger partial charge in [0.1, 0.15) is 0 Å². The molecule has 11 nitrogen and oxygen atoms in total. The minimum Gasteiger partial charge on any atom is -0.481 e. The quantitative estimate of drug-likeness (QED) is 0.298. The van der Waals surface area contributed by atoms with E-state index in [1.54, 1.807) is 54.2 Å². The fourth-order valence-corrected chi connectivity index (χ4v) is 5.20. The Kier molecular flexibility index (Phi) is 7.61. The fourth-order valence-electron chi connectivity index (χ4n) is 4.63. The molecule has 2 amide bonds. The molecule has 3 N–H and O–H groups in total. The number of benzene rings is 1. The van der Waals surface area contributed by atoms with Crippen LogP contribution in [-0.2, 0) is 26.6 Å². The maximum atomic E-state index is 13.2. The Hall–Kier alpha value is -4.19. The lowest BCUT2D eigenvalue weighted by atomic mass is 10.1. The Bertz CT molecular complexity index is 1640. The van der Waals surface area contributed by atoms with Crippen molar-refractivity contribution in [1.82, 2.24) is 24.4 Å². The predicted molar refractivity (Wildman–Crippen MR) is 149 cm³/mol. The molecule has 206 valence electrons. The number of pyridine rings is 2. The van der Waals surface area contributed by atoms with E-state index in [0.717, 1.165) is 5.69 Å². The Balaban J connectivity index is 1.45. The summed E-state index contributed by atoms with van der Waals surface area (Å²) in [5.41, 5.74) is 4.19. The number of aromatic nitrogens is 4. The van der Waals surface area contributed by atoms with Crippen LogP contribution >= 0.6 is 23.2 Å². The average Bonchev–Trinajstić information content (AvgIpc) is 3.29. The number of methoxy groups -OCH3 is 1. The summed E-state index contributed by atoms with van der Waals surface area (Å²) in [5, 5.41) is 22.1. The van der Waals surface area contributed by atoms with Crippen molar-refractivity contribution in [1.29, 1.82) is 0 Å². The average molecular weight is 583 g/mol. The number of aliphatic hydroxyl groups is 1. The summed E-state index contributed by atoms with van der Waals surface area (Å²) in [6, 6.07) is 10.2. The van der Waals surface area contributed by atoms with E-state index in [1.165, 1.54) is 12.0 Å². The Labute approximate surface area is 239 Å². The largest absolute Gasteiger partial charge is 0.481 e. The third-order valence-corrected chi connectivity index (χ3v) is 7.49. The van der Waals surface area contributed by atoms with E-state index < -0.39 is 12.0 Å². The van der Waals surface area contributed by atoms with E-state index in [2.05, 4.69) is 20.3 Å². The van der Waals surface area contributed by atoms with Gasteiger partial charge in [0.15, 0.2) is 5.82 Å². The third-order valence-electron chi connectivity index (χ3n) is 6.70. The zero-order chi connectivity index (χ0) is 28.6. The number of rotatable bonds is 6. The maximum absolute atomic E-state index is 13.2. The van der Waals surface area contributed by atoms with Gasteiger partial charge >= 0.3 is 6.09 Å². The smallest absolute Gasteiger partial charge is 0.407 e. The molecule has 0 bridgehead atoms. The number of nitrogens with one attached hydrogen (secondary N) is 1. The van der Waals surface area contributed by atoms with Gasteiger partial charge in [0.25, 0.3) is 5.91 Å². The monoisotopic (exact) mass is 582 g/mol. The number of nitrogens with zero attached hydrogens (tertiary/aromatic N) is 5. The van der Waals surface area contributed by atoms with Crippen LogP contribution in [0.5, 0.6) is 5.88 Å². The number of carbonyl (C=O) groups is 2. The first-order valence-corrected chi connectivity index (χ1v) is 12.9. The molecular weight excluding hydrogens is 559 g/mol. The Morgan fingerprint density at radius 3 is 2.62 bits per heavy atom. The van der Waals surface area contributed by atoms with Gasteiger partial charge in [0, 0.05) is 48.6 Å². The van der Waals surface area contributed by atoms with Crippen molar-refractivity contribution >= 4 is 40.9 Å². The van der Waals surface area contributed by atoms with Gasteiger partial charge in [-0.2, -0.15) is 0 Å². The first kappa shape index (κ1) is 27.4. The van der Waals surface area contributed by atoms with Crippen LogP contribution in [0, 0.1) is 0 Å². The van der Waals surface area contributed by atoms with Gasteiger partial charge in [-0.25, -0.2) is 14.8 Å². The van der Waals surface area contributed by atoms with Crippen molar-refractivity contribution < 1.29 is 24.5 Å². The summed E-state index contributed by atoms with van der Waals surface area (Å²) in [6.07, 6.45) is 1.00. The van der Waals surface area contributed by atoms with Gasteiger partial charge in [-0.1, -0.05) is 35.3 Å². The van der Waals surface area contributed by atoms with Gasteiger partial charge in [0.05, 0.1) is 53.1 Å². The van der Waals surface area contributed by atoms with Crippen molar-refractivity contribution in [2.24, 2.45) is 7.05 Å². The summed E-state index contributed by atoms with van der Waals surface area (Å²) in [4.78, 5) is 39.2. The lowest BCUT2D eigenvalue weighted by Crippen LogP contribution is -2.35. The van der Waals surface area contributed by atoms with E-state index in [0.29, 0.717) is 57.4 Å². The van der Waals surface area contributed by atoms with Crippen LogP contribution in [0.25, 0.3) is 22.5 Å². The molecule has 0 fully saturated rings. The zero-order valence-electron chi connectivity index (χ0n) is 21.5. The van der Waals surface area contributed by atoms with Gasteiger partial charge in [-0.05, 0) is 24.3 Å². The summed E-state index contributed by atoms with van der Waals surface area (Å²) in [6.45, 7) is 0.227. The Morgan fingerprint density at radius 2 is 1.90 bits per heavy atom. The molecule has 0 spiro atoms. The number of aliphatic hydroxyl groups excluding tert-OH is 1. The molecule has 1 aromatic carbocycles. The first-order valence-electron chi connectivity index (χ1n) is 12.2.